The van der Waals surface area contributed by atoms with E-state index in [0.717, 1.165) is 0 Å². The van der Waals surface area contributed by atoms with Gasteiger partial charge in [-0.2, -0.15) is 20.1 Å². The number of hydrogen-bond donors (Lipinski definition) is 1. The minimum atomic E-state index is -3.75. The molecule has 0 atom stereocenters. The molecule has 0 aromatic heterocycles. The highest BCUT2D eigenvalue weighted by molar-refractivity contribution is 7.89. The third-order valence-corrected chi connectivity index (χ3v) is 5.16. The van der Waals surface area contributed by atoms with Gasteiger partial charge in [0.2, 0.25) is 10.0 Å². The monoisotopic (exact) mass is 329 g/mol. The van der Waals surface area contributed by atoms with Crippen LogP contribution in [0.1, 0.15) is 13.8 Å². The number of benzene rings is 1. The minimum Gasteiger partial charge on any atom is -0.344 e. The molecule has 0 unspecified atom stereocenters. The Morgan fingerprint density at radius 2 is 1.65 bits per heavy atom. The quantitative estimate of drug-likeness (QED) is 0.796. The van der Waals surface area contributed by atoms with Gasteiger partial charge < -0.3 is 5.32 Å². The molecule has 0 bridgehead atoms. The van der Waals surface area contributed by atoms with Crippen LogP contribution in [0.2, 0.25) is 0 Å². The Hall–Kier alpha value is -2.86. The van der Waals surface area contributed by atoms with Gasteiger partial charge in [-0.15, -0.1) is 0 Å². The molecule has 8 heteroatoms. The number of nitrogens with one attached hydrogen (secondary N) is 1. The lowest BCUT2D eigenvalue weighted by Gasteiger charge is -2.20. The summed E-state index contributed by atoms with van der Waals surface area (Å²) >= 11 is 0. The third kappa shape index (κ3) is 3.87. The number of para-hydroxylation sites is 1. The van der Waals surface area contributed by atoms with Gasteiger partial charge in [0.1, 0.15) is 28.8 Å². The Morgan fingerprint density at radius 1 is 1.09 bits per heavy atom. The summed E-state index contributed by atoms with van der Waals surface area (Å²) in [6.45, 7) is 4.05. The molecule has 1 aromatic rings. The van der Waals surface area contributed by atoms with Crippen molar-refractivity contribution in [2.45, 2.75) is 18.7 Å². The lowest BCUT2D eigenvalue weighted by molar-refractivity contribution is 0.445. The Kier molecular flexibility index (Phi) is 6.29. The minimum absolute atomic E-state index is 0.0216. The highest BCUT2D eigenvalue weighted by Crippen LogP contribution is 2.26. The number of nitriles is 3. The summed E-state index contributed by atoms with van der Waals surface area (Å²) in [6.07, 6.45) is 0. The van der Waals surface area contributed by atoms with Crippen molar-refractivity contribution in [1.29, 1.82) is 15.8 Å². The molecule has 0 saturated heterocycles. The number of allylic oxidation sites excluding steroid dienone is 2. The van der Waals surface area contributed by atoms with Gasteiger partial charge in [-0.05, 0) is 12.1 Å². The van der Waals surface area contributed by atoms with E-state index in [2.05, 4.69) is 5.32 Å². The highest BCUT2D eigenvalue weighted by atomic mass is 32.2. The maximum Gasteiger partial charge on any atom is 0.245 e. The van der Waals surface area contributed by atoms with Crippen molar-refractivity contribution in [1.82, 2.24) is 4.31 Å². The number of rotatable bonds is 6. The molecule has 0 aliphatic carbocycles. The average Bonchev–Trinajstić information content (AvgIpc) is 2.56. The van der Waals surface area contributed by atoms with Crippen LogP contribution < -0.4 is 5.32 Å². The maximum atomic E-state index is 12.7. The second-order valence-corrected chi connectivity index (χ2v) is 6.20. The number of anilines is 1. The Bertz CT molecular complexity index is 818. The Balaban J connectivity index is 3.45. The molecule has 1 N–H and O–H groups in total. The summed E-state index contributed by atoms with van der Waals surface area (Å²) in [5.74, 6) is 0. The summed E-state index contributed by atoms with van der Waals surface area (Å²) in [4.78, 5) is -0.0216. The predicted octanol–water partition coefficient (Wildman–Crippen LogP) is 1.95. The second kappa shape index (κ2) is 7.95. The van der Waals surface area contributed by atoms with Crippen molar-refractivity contribution in [3.8, 4) is 18.2 Å². The predicted molar refractivity (Wildman–Crippen MR) is 84.0 cm³/mol. The second-order valence-electron chi connectivity index (χ2n) is 4.30. The molecule has 1 rings (SSSR count). The first-order valence-electron chi connectivity index (χ1n) is 6.76. The first kappa shape index (κ1) is 18.2. The van der Waals surface area contributed by atoms with E-state index in [4.69, 9.17) is 15.8 Å². The lowest BCUT2D eigenvalue weighted by atomic mass is 10.2. The summed E-state index contributed by atoms with van der Waals surface area (Å²) in [7, 11) is -3.75. The van der Waals surface area contributed by atoms with Gasteiger partial charge in [0.25, 0.3) is 0 Å². The Morgan fingerprint density at radius 3 is 2.13 bits per heavy atom. The van der Waals surface area contributed by atoms with E-state index in [1.807, 2.05) is 0 Å². The smallest absolute Gasteiger partial charge is 0.245 e. The van der Waals surface area contributed by atoms with Gasteiger partial charge in [-0.1, -0.05) is 26.0 Å². The van der Waals surface area contributed by atoms with Gasteiger partial charge in [0, 0.05) is 13.1 Å². The molecule has 0 spiro atoms. The first-order valence-corrected chi connectivity index (χ1v) is 8.20. The van der Waals surface area contributed by atoms with E-state index in [1.54, 1.807) is 44.2 Å². The van der Waals surface area contributed by atoms with Crippen LogP contribution in [0.3, 0.4) is 0 Å². The SMILES string of the molecule is CCN(CC)S(=O)(=O)c1ccccc1NC(C#N)=C(C#N)C#N. The molecule has 7 nitrogen and oxygen atoms in total. The number of nitrogens with zero attached hydrogens (tertiary/aromatic N) is 4. The van der Waals surface area contributed by atoms with E-state index >= 15 is 0 Å². The Labute approximate surface area is 135 Å². The van der Waals surface area contributed by atoms with Gasteiger partial charge in [-0.25, -0.2) is 8.42 Å². The molecule has 0 aliphatic heterocycles. The zero-order valence-electron chi connectivity index (χ0n) is 12.7. The van der Waals surface area contributed by atoms with Crippen LogP contribution in [0.15, 0.2) is 40.4 Å². The fraction of sp³-hybridized carbons (Fsp3) is 0.267. The lowest BCUT2D eigenvalue weighted by Crippen LogP contribution is -2.31. The molecule has 0 fully saturated rings. The molecule has 0 saturated carbocycles. The van der Waals surface area contributed by atoms with Gasteiger partial charge in [0.15, 0.2) is 5.57 Å². The van der Waals surface area contributed by atoms with E-state index in [0.29, 0.717) is 13.1 Å². The van der Waals surface area contributed by atoms with Crippen LogP contribution in [-0.4, -0.2) is 25.8 Å². The van der Waals surface area contributed by atoms with Crippen LogP contribution in [0.25, 0.3) is 0 Å². The molecule has 0 radical (unpaired) electrons. The van der Waals surface area contributed by atoms with Crippen LogP contribution >= 0.6 is 0 Å². The summed E-state index contributed by atoms with van der Waals surface area (Å²) in [6, 6.07) is 10.9. The van der Waals surface area contributed by atoms with Crippen molar-refractivity contribution in [2.24, 2.45) is 0 Å². The van der Waals surface area contributed by atoms with E-state index < -0.39 is 15.6 Å². The average molecular weight is 329 g/mol. The van der Waals surface area contributed by atoms with Crippen molar-refractivity contribution in [3.63, 3.8) is 0 Å². The van der Waals surface area contributed by atoms with Gasteiger partial charge in [0.05, 0.1) is 5.69 Å². The molecule has 0 aliphatic rings. The fourth-order valence-electron chi connectivity index (χ4n) is 1.92. The summed E-state index contributed by atoms with van der Waals surface area (Å²) < 4.78 is 26.6. The largest absolute Gasteiger partial charge is 0.344 e. The van der Waals surface area contributed by atoms with Crippen molar-refractivity contribution in [3.05, 3.63) is 35.5 Å². The van der Waals surface area contributed by atoms with Gasteiger partial charge >= 0.3 is 0 Å². The normalized spacial score (nSPS) is 10.3. The van der Waals surface area contributed by atoms with E-state index in [-0.39, 0.29) is 16.3 Å². The first-order chi connectivity index (χ1) is 11.0. The standard InChI is InChI=1S/C15H15N5O2S/c1-3-20(4-2)23(21,22)15-8-6-5-7-13(15)19-14(11-18)12(9-16)10-17/h5-8,19H,3-4H2,1-2H3. The van der Waals surface area contributed by atoms with E-state index in [9.17, 15) is 8.42 Å². The van der Waals surface area contributed by atoms with Crippen molar-refractivity contribution in [2.75, 3.05) is 18.4 Å². The van der Waals surface area contributed by atoms with Crippen LogP contribution in [-0.2, 0) is 10.0 Å². The molecule has 0 heterocycles. The molecular weight excluding hydrogens is 314 g/mol. The molecular formula is C15H15N5O2S. The van der Waals surface area contributed by atoms with Crippen LogP contribution in [0.4, 0.5) is 5.69 Å². The van der Waals surface area contributed by atoms with Crippen LogP contribution in [0.5, 0.6) is 0 Å². The molecule has 23 heavy (non-hydrogen) atoms. The zero-order valence-corrected chi connectivity index (χ0v) is 13.6. The van der Waals surface area contributed by atoms with Crippen molar-refractivity contribution < 1.29 is 8.42 Å². The topological polar surface area (TPSA) is 121 Å². The van der Waals surface area contributed by atoms with E-state index in [1.165, 1.54) is 16.4 Å². The summed E-state index contributed by atoms with van der Waals surface area (Å²) in [5, 5.41) is 29.4. The van der Waals surface area contributed by atoms with Crippen LogP contribution in [0, 0.1) is 34.0 Å². The highest BCUT2D eigenvalue weighted by Gasteiger charge is 2.25. The maximum absolute atomic E-state index is 12.7. The summed E-state index contributed by atoms with van der Waals surface area (Å²) in [5.41, 5.74) is -0.571. The zero-order chi connectivity index (χ0) is 17.5. The number of hydrogen-bond acceptors (Lipinski definition) is 6. The fourth-order valence-corrected chi connectivity index (χ4v) is 3.52. The van der Waals surface area contributed by atoms with Gasteiger partial charge in [-0.3, -0.25) is 0 Å². The molecule has 0 amide bonds. The molecule has 1 aromatic carbocycles. The molecule has 118 valence electrons. The van der Waals surface area contributed by atoms with Crippen molar-refractivity contribution >= 4 is 15.7 Å². The third-order valence-electron chi connectivity index (χ3n) is 3.06. The number of sulfonamides is 1.